The van der Waals surface area contributed by atoms with Gasteiger partial charge < -0.3 is 47.8 Å². The van der Waals surface area contributed by atoms with Crippen LogP contribution in [-0.4, -0.2) is 86.8 Å². The van der Waals surface area contributed by atoms with Crippen LogP contribution in [0.2, 0.25) is 0 Å². The van der Waals surface area contributed by atoms with E-state index in [1.54, 1.807) is 0 Å². The van der Waals surface area contributed by atoms with Crippen LogP contribution >= 0.6 is 0 Å². The van der Waals surface area contributed by atoms with E-state index in [0.29, 0.717) is 24.9 Å². The number of nitrogens with two attached hydrogens (primary N) is 2. The van der Waals surface area contributed by atoms with Crippen LogP contribution in [-0.2, 0) is 35.2 Å². The Hall–Kier alpha value is -4.24. The Morgan fingerprint density at radius 3 is 1.85 bits per heavy atom. The van der Waals surface area contributed by atoms with Crippen LogP contribution in [0.5, 0.6) is 5.75 Å². The van der Waals surface area contributed by atoms with E-state index >= 15 is 0 Å². The molecule has 0 aliphatic heterocycles. The first-order valence-corrected chi connectivity index (χ1v) is 12.1. The number of amides is 3. The molecule has 1 aromatic rings. The summed E-state index contributed by atoms with van der Waals surface area (Å²) < 4.78 is 0. The third-order valence-corrected chi connectivity index (χ3v) is 5.58. The number of carboxylic acid groups (broad SMARTS) is 3. The van der Waals surface area contributed by atoms with E-state index in [0.717, 1.165) is 0 Å². The first kappa shape index (κ1) is 32.8. The van der Waals surface area contributed by atoms with Gasteiger partial charge in [-0.05, 0) is 49.9 Å². The van der Waals surface area contributed by atoms with E-state index in [-0.39, 0.29) is 18.6 Å². The second-order valence-corrected chi connectivity index (χ2v) is 8.81. The van der Waals surface area contributed by atoms with Crippen LogP contribution in [0.3, 0.4) is 0 Å². The van der Waals surface area contributed by atoms with Crippen molar-refractivity contribution in [1.82, 2.24) is 16.0 Å². The number of aromatic hydroxyl groups is 1. The van der Waals surface area contributed by atoms with E-state index in [4.69, 9.17) is 21.7 Å². The first-order chi connectivity index (χ1) is 18.3. The van der Waals surface area contributed by atoms with Gasteiger partial charge in [0, 0.05) is 12.8 Å². The minimum absolute atomic E-state index is 0.0521. The van der Waals surface area contributed by atoms with Crippen LogP contribution < -0.4 is 27.4 Å². The van der Waals surface area contributed by atoms with Crippen LogP contribution in [0, 0.1) is 0 Å². The number of rotatable bonds is 18. The lowest BCUT2D eigenvalue weighted by molar-refractivity contribution is -0.142. The molecule has 216 valence electrons. The largest absolute Gasteiger partial charge is 0.508 e. The lowest BCUT2D eigenvalue weighted by Gasteiger charge is -2.25. The van der Waals surface area contributed by atoms with Crippen molar-refractivity contribution in [1.29, 1.82) is 0 Å². The summed E-state index contributed by atoms with van der Waals surface area (Å²) in [5, 5.41) is 43.9. The van der Waals surface area contributed by atoms with Gasteiger partial charge in [-0.2, -0.15) is 0 Å². The second kappa shape index (κ2) is 16.6. The molecule has 0 radical (unpaired) electrons. The fraction of sp³-hybridized carbons (Fsp3) is 0.500. The van der Waals surface area contributed by atoms with Crippen LogP contribution in [0.15, 0.2) is 24.3 Å². The molecule has 4 unspecified atom stereocenters. The third-order valence-electron chi connectivity index (χ3n) is 5.58. The third kappa shape index (κ3) is 12.7. The van der Waals surface area contributed by atoms with Crippen LogP contribution in [0.25, 0.3) is 0 Å². The molecule has 1 rings (SSSR count). The fourth-order valence-corrected chi connectivity index (χ4v) is 3.47. The van der Waals surface area contributed by atoms with E-state index in [1.807, 2.05) is 0 Å². The highest BCUT2D eigenvalue weighted by molar-refractivity contribution is 5.95. The number of phenolic OH excluding ortho intramolecular Hbond substituents is 1. The fourth-order valence-electron chi connectivity index (χ4n) is 3.47. The molecule has 0 spiro atoms. The van der Waals surface area contributed by atoms with Gasteiger partial charge in [0.2, 0.25) is 17.7 Å². The van der Waals surface area contributed by atoms with Gasteiger partial charge in [-0.3, -0.25) is 24.0 Å². The number of hydrogen-bond donors (Lipinski definition) is 9. The molecule has 0 heterocycles. The van der Waals surface area contributed by atoms with Crippen molar-refractivity contribution in [3.05, 3.63) is 29.8 Å². The van der Waals surface area contributed by atoms with Gasteiger partial charge in [0.15, 0.2) is 0 Å². The molecule has 15 nitrogen and oxygen atoms in total. The zero-order valence-electron chi connectivity index (χ0n) is 21.2. The SMILES string of the molecule is NCCCCC(NC(=O)C(Cc1ccc(O)cc1)NC(=O)C(CCC(=O)O)NC(=O)C(N)CC(=O)O)C(=O)O. The molecule has 0 bridgehead atoms. The Morgan fingerprint density at radius 1 is 0.744 bits per heavy atom. The van der Waals surface area contributed by atoms with Crippen molar-refractivity contribution in [2.24, 2.45) is 11.5 Å². The van der Waals surface area contributed by atoms with E-state index in [2.05, 4.69) is 16.0 Å². The zero-order chi connectivity index (χ0) is 29.5. The maximum absolute atomic E-state index is 13.1. The number of aliphatic carboxylic acids is 3. The molecule has 0 aromatic heterocycles. The zero-order valence-corrected chi connectivity index (χ0v) is 21.2. The topological polar surface area (TPSA) is 271 Å². The Labute approximate surface area is 223 Å². The molecule has 0 aliphatic carbocycles. The number of unbranched alkanes of at least 4 members (excludes halogenated alkanes) is 1. The maximum Gasteiger partial charge on any atom is 0.326 e. The molecule has 4 atom stereocenters. The number of nitrogens with one attached hydrogen (secondary N) is 3. The average molecular weight is 554 g/mol. The molecule has 15 heteroatoms. The molecular weight excluding hydrogens is 518 g/mol. The quantitative estimate of drug-likeness (QED) is 0.0917. The number of carbonyl (C=O) groups is 6. The van der Waals surface area contributed by atoms with E-state index in [9.17, 15) is 39.0 Å². The highest BCUT2D eigenvalue weighted by atomic mass is 16.4. The van der Waals surface area contributed by atoms with Gasteiger partial charge in [0.25, 0.3) is 0 Å². The van der Waals surface area contributed by atoms with Crippen molar-refractivity contribution in [2.75, 3.05) is 6.54 Å². The Morgan fingerprint density at radius 2 is 1.31 bits per heavy atom. The van der Waals surface area contributed by atoms with Crippen LogP contribution in [0.1, 0.15) is 44.1 Å². The van der Waals surface area contributed by atoms with Gasteiger partial charge in [0.05, 0.1) is 12.5 Å². The number of phenols is 1. The predicted octanol–water partition coefficient (Wildman–Crippen LogP) is -1.73. The Balaban J connectivity index is 3.16. The highest BCUT2D eigenvalue weighted by Gasteiger charge is 2.31. The molecule has 39 heavy (non-hydrogen) atoms. The minimum Gasteiger partial charge on any atom is -0.508 e. The average Bonchev–Trinajstić information content (AvgIpc) is 2.85. The van der Waals surface area contributed by atoms with Crippen molar-refractivity contribution >= 4 is 35.6 Å². The van der Waals surface area contributed by atoms with Crippen LogP contribution in [0.4, 0.5) is 0 Å². The van der Waals surface area contributed by atoms with Gasteiger partial charge in [-0.25, -0.2) is 4.79 Å². The number of carboxylic acids is 3. The smallest absolute Gasteiger partial charge is 0.326 e. The van der Waals surface area contributed by atoms with Crippen molar-refractivity contribution in [3.8, 4) is 5.75 Å². The summed E-state index contributed by atoms with van der Waals surface area (Å²) in [6, 6.07) is -0.0159. The summed E-state index contributed by atoms with van der Waals surface area (Å²) in [6.07, 6.45) is -0.820. The van der Waals surface area contributed by atoms with Gasteiger partial charge in [0.1, 0.15) is 23.9 Å². The van der Waals surface area contributed by atoms with Crippen molar-refractivity contribution in [3.63, 3.8) is 0 Å². The number of hydrogen-bond acceptors (Lipinski definition) is 9. The molecule has 11 N–H and O–H groups in total. The molecule has 0 aliphatic rings. The lowest BCUT2D eigenvalue weighted by Crippen LogP contribution is -2.57. The lowest BCUT2D eigenvalue weighted by atomic mass is 10.0. The normalized spacial score (nSPS) is 13.8. The summed E-state index contributed by atoms with van der Waals surface area (Å²) in [5.41, 5.74) is 11.5. The second-order valence-electron chi connectivity index (χ2n) is 8.81. The Bertz CT molecular complexity index is 1020. The molecule has 0 saturated carbocycles. The van der Waals surface area contributed by atoms with E-state index < -0.39 is 79.1 Å². The Kier molecular flexibility index (Phi) is 13.9. The molecule has 1 aromatic carbocycles. The summed E-state index contributed by atoms with van der Waals surface area (Å²) in [4.78, 5) is 72.1. The highest BCUT2D eigenvalue weighted by Crippen LogP contribution is 2.12. The van der Waals surface area contributed by atoms with Gasteiger partial charge in [-0.1, -0.05) is 12.1 Å². The summed E-state index contributed by atoms with van der Waals surface area (Å²) >= 11 is 0. The first-order valence-electron chi connectivity index (χ1n) is 12.1. The summed E-state index contributed by atoms with van der Waals surface area (Å²) in [7, 11) is 0. The van der Waals surface area contributed by atoms with Crippen molar-refractivity contribution in [2.45, 2.75) is 69.1 Å². The summed E-state index contributed by atoms with van der Waals surface area (Å²) in [5.74, 6) is -6.85. The minimum atomic E-state index is -1.52. The molecule has 0 fully saturated rings. The molecular formula is C24H35N5O10. The van der Waals surface area contributed by atoms with E-state index in [1.165, 1.54) is 24.3 Å². The molecule has 3 amide bonds. The van der Waals surface area contributed by atoms with Crippen molar-refractivity contribution < 1.29 is 49.2 Å². The van der Waals surface area contributed by atoms with Gasteiger partial charge in [-0.15, -0.1) is 0 Å². The standard InChI is InChI=1S/C24H35N5O10/c25-10-2-1-3-17(24(38)39)28-23(37)18(11-13-4-6-14(30)7-5-13)29-22(36)16(8-9-19(31)32)27-21(35)15(26)12-20(33)34/h4-7,15-18,30H,1-3,8-12,25-26H2,(H,27,35)(H,28,37)(H,29,36)(H,31,32)(H,33,34)(H,38,39). The summed E-state index contributed by atoms with van der Waals surface area (Å²) in [6.45, 7) is 0.333. The van der Waals surface area contributed by atoms with Gasteiger partial charge >= 0.3 is 17.9 Å². The monoisotopic (exact) mass is 553 g/mol. The number of carbonyl (C=O) groups excluding carboxylic acids is 3. The number of benzene rings is 1. The maximum atomic E-state index is 13.1. The molecule has 0 saturated heterocycles. The predicted molar refractivity (Wildman–Crippen MR) is 135 cm³/mol.